The molecule has 0 aliphatic heterocycles. The van der Waals surface area contributed by atoms with Gasteiger partial charge in [0.25, 0.3) is 0 Å². The minimum atomic E-state index is -0.0393. The molecule has 2 aromatic rings. The Balaban J connectivity index is 1.83. The van der Waals surface area contributed by atoms with Crippen LogP contribution in [0, 0.1) is 6.92 Å². The summed E-state index contributed by atoms with van der Waals surface area (Å²) >= 11 is 4.19. The van der Waals surface area contributed by atoms with E-state index in [-0.39, 0.29) is 5.91 Å². The largest absolute Gasteiger partial charge is 0.361 e. The fourth-order valence-electron chi connectivity index (χ4n) is 1.55. The molecule has 18 heavy (non-hydrogen) atoms. The van der Waals surface area contributed by atoms with E-state index in [0.29, 0.717) is 13.0 Å². The monoisotopic (exact) mass is 262 g/mol. The molecule has 0 fully saturated rings. The van der Waals surface area contributed by atoms with Crippen molar-refractivity contribution in [3.8, 4) is 0 Å². The number of hydrogen-bond donors (Lipinski definition) is 2. The molecule has 0 saturated heterocycles. The third-order valence-corrected chi connectivity index (χ3v) is 2.74. The van der Waals surface area contributed by atoms with E-state index in [9.17, 15) is 4.79 Å². The van der Waals surface area contributed by atoms with Gasteiger partial charge < -0.3 is 9.84 Å². The normalized spacial score (nSPS) is 10.3. The lowest BCUT2D eigenvalue weighted by Crippen LogP contribution is -2.24. The van der Waals surface area contributed by atoms with Gasteiger partial charge in [-0.05, 0) is 24.6 Å². The molecule has 1 aromatic carbocycles. The number of aryl methyl sites for hydroxylation is 1. The molecule has 0 radical (unpaired) electrons. The zero-order valence-electron chi connectivity index (χ0n) is 10.0. The number of thiol groups is 1. The lowest BCUT2D eigenvalue weighted by molar-refractivity contribution is -0.120. The van der Waals surface area contributed by atoms with Gasteiger partial charge in [-0.1, -0.05) is 17.3 Å². The van der Waals surface area contributed by atoms with Gasteiger partial charge in [-0.25, -0.2) is 0 Å². The summed E-state index contributed by atoms with van der Waals surface area (Å²) in [5.74, 6) is 0.700. The van der Waals surface area contributed by atoms with E-state index in [2.05, 4.69) is 23.1 Å². The van der Waals surface area contributed by atoms with Crippen molar-refractivity contribution in [3.05, 3.63) is 47.3 Å². The molecule has 4 nitrogen and oxygen atoms in total. The Kier molecular flexibility index (Phi) is 4.04. The van der Waals surface area contributed by atoms with Crippen LogP contribution in [0.1, 0.15) is 17.0 Å². The minimum absolute atomic E-state index is 0.0393. The molecule has 0 aliphatic rings. The Hall–Kier alpha value is -1.75. The van der Waals surface area contributed by atoms with E-state index in [1.165, 1.54) is 0 Å². The van der Waals surface area contributed by atoms with Crippen molar-refractivity contribution >= 4 is 18.5 Å². The number of amides is 1. The molecule has 1 heterocycles. The maximum Gasteiger partial charge on any atom is 0.224 e. The van der Waals surface area contributed by atoms with Crippen LogP contribution in [0.3, 0.4) is 0 Å². The molecule has 1 amide bonds. The molecular formula is C13H14N2O2S. The Bertz CT molecular complexity index is 534. The highest BCUT2D eigenvalue weighted by molar-refractivity contribution is 7.80. The fraction of sp³-hybridized carbons (Fsp3) is 0.231. The van der Waals surface area contributed by atoms with Crippen molar-refractivity contribution in [1.82, 2.24) is 10.5 Å². The summed E-state index contributed by atoms with van der Waals surface area (Å²) in [6.07, 6.45) is 0.352. The summed E-state index contributed by atoms with van der Waals surface area (Å²) in [4.78, 5) is 12.6. The molecule has 0 aliphatic carbocycles. The van der Waals surface area contributed by atoms with Crippen molar-refractivity contribution < 1.29 is 9.32 Å². The Morgan fingerprint density at radius 3 is 2.72 bits per heavy atom. The van der Waals surface area contributed by atoms with Gasteiger partial charge >= 0.3 is 0 Å². The van der Waals surface area contributed by atoms with Gasteiger partial charge in [0.1, 0.15) is 11.5 Å². The molecule has 0 spiro atoms. The van der Waals surface area contributed by atoms with Crippen molar-refractivity contribution in [1.29, 1.82) is 0 Å². The Morgan fingerprint density at radius 1 is 1.39 bits per heavy atom. The highest BCUT2D eigenvalue weighted by Crippen LogP contribution is 2.08. The first-order chi connectivity index (χ1) is 8.63. The fourth-order valence-corrected chi connectivity index (χ4v) is 1.70. The SMILES string of the molecule is Cc1cc(CNC(=O)Cc2ccc(S)cc2)no1. The van der Waals surface area contributed by atoms with E-state index < -0.39 is 0 Å². The van der Waals surface area contributed by atoms with E-state index in [1.54, 1.807) is 6.07 Å². The van der Waals surface area contributed by atoms with Gasteiger partial charge in [0.2, 0.25) is 5.91 Å². The number of nitrogens with zero attached hydrogens (tertiary/aromatic N) is 1. The molecule has 0 atom stereocenters. The highest BCUT2D eigenvalue weighted by Gasteiger charge is 2.05. The van der Waals surface area contributed by atoms with Crippen LogP contribution in [0.4, 0.5) is 0 Å². The number of aromatic nitrogens is 1. The molecule has 94 valence electrons. The lowest BCUT2D eigenvalue weighted by atomic mass is 10.1. The van der Waals surface area contributed by atoms with E-state index in [4.69, 9.17) is 4.52 Å². The summed E-state index contributed by atoms with van der Waals surface area (Å²) in [5.41, 5.74) is 1.69. The van der Waals surface area contributed by atoms with Gasteiger partial charge in [-0.15, -0.1) is 12.6 Å². The predicted molar refractivity (Wildman–Crippen MR) is 70.5 cm³/mol. The molecule has 0 bridgehead atoms. The van der Waals surface area contributed by atoms with Gasteiger partial charge in [-0.2, -0.15) is 0 Å². The van der Waals surface area contributed by atoms with E-state index in [0.717, 1.165) is 21.9 Å². The molecule has 0 unspecified atom stereocenters. The van der Waals surface area contributed by atoms with Crippen LogP contribution in [0.2, 0.25) is 0 Å². The quantitative estimate of drug-likeness (QED) is 0.830. The number of carbonyl (C=O) groups is 1. The maximum atomic E-state index is 11.7. The summed E-state index contributed by atoms with van der Waals surface area (Å²) in [6, 6.07) is 9.32. The number of carbonyl (C=O) groups excluding carboxylic acids is 1. The van der Waals surface area contributed by atoms with E-state index in [1.807, 2.05) is 31.2 Å². The van der Waals surface area contributed by atoms with Crippen molar-refractivity contribution in [2.45, 2.75) is 24.8 Å². The van der Waals surface area contributed by atoms with Crippen molar-refractivity contribution in [2.75, 3.05) is 0 Å². The summed E-state index contributed by atoms with van der Waals surface area (Å²) in [5, 5.41) is 6.60. The third-order valence-electron chi connectivity index (χ3n) is 2.44. The maximum absolute atomic E-state index is 11.7. The smallest absolute Gasteiger partial charge is 0.224 e. The van der Waals surface area contributed by atoms with Crippen LogP contribution < -0.4 is 5.32 Å². The lowest BCUT2D eigenvalue weighted by Gasteiger charge is -2.03. The first-order valence-electron chi connectivity index (χ1n) is 5.60. The summed E-state index contributed by atoms with van der Waals surface area (Å²) in [7, 11) is 0. The standard InChI is InChI=1S/C13H14N2O2S/c1-9-6-11(15-17-9)8-14-13(16)7-10-2-4-12(18)5-3-10/h2-6,18H,7-8H2,1H3,(H,14,16). The van der Waals surface area contributed by atoms with E-state index >= 15 is 0 Å². The van der Waals surface area contributed by atoms with Crippen LogP contribution in [-0.2, 0) is 17.8 Å². The second kappa shape index (κ2) is 5.73. The van der Waals surface area contributed by atoms with Gasteiger partial charge in [0, 0.05) is 11.0 Å². The number of rotatable bonds is 4. The van der Waals surface area contributed by atoms with Gasteiger partial charge in [-0.3, -0.25) is 4.79 Å². The number of hydrogen-bond acceptors (Lipinski definition) is 4. The average molecular weight is 262 g/mol. The zero-order valence-corrected chi connectivity index (χ0v) is 10.9. The molecule has 5 heteroatoms. The van der Waals surface area contributed by atoms with Gasteiger partial charge in [0.05, 0.1) is 13.0 Å². The topological polar surface area (TPSA) is 55.1 Å². The minimum Gasteiger partial charge on any atom is -0.361 e. The first kappa shape index (κ1) is 12.7. The molecule has 1 aromatic heterocycles. The van der Waals surface area contributed by atoms with Crippen LogP contribution in [-0.4, -0.2) is 11.1 Å². The van der Waals surface area contributed by atoms with Crippen LogP contribution >= 0.6 is 12.6 Å². The van der Waals surface area contributed by atoms with Crippen LogP contribution in [0.15, 0.2) is 39.8 Å². The molecule has 1 N–H and O–H groups in total. The van der Waals surface area contributed by atoms with Crippen LogP contribution in [0.5, 0.6) is 0 Å². The van der Waals surface area contributed by atoms with Crippen LogP contribution in [0.25, 0.3) is 0 Å². The average Bonchev–Trinajstić information content (AvgIpc) is 2.76. The van der Waals surface area contributed by atoms with Crippen molar-refractivity contribution in [3.63, 3.8) is 0 Å². The second-order valence-corrected chi connectivity index (χ2v) is 4.57. The number of nitrogens with one attached hydrogen (secondary N) is 1. The molecule has 0 saturated carbocycles. The van der Waals surface area contributed by atoms with Gasteiger partial charge in [0.15, 0.2) is 0 Å². The Morgan fingerprint density at radius 2 is 2.11 bits per heavy atom. The first-order valence-corrected chi connectivity index (χ1v) is 6.05. The second-order valence-electron chi connectivity index (χ2n) is 4.05. The summed E-state index contributed by atoms with van der Waals surface area (Å²) in [6.45, 7) is 2.21. The van der Waals surface area contributed by atoms with Crippen molar-refractivity contribution in [2.24, 2.45) is 0 Å². The highest BCUT2D eigenvalue weighted by atomic mass is 32.1. The predicted octanol–water partition coefficient (Wildman–Crippen LogP) is 2.13. The summed E-state index contributed by atoms with van der Waals surface area (Å²) < 4.78 is 4.92. The molecule has 2 rings (SSSR count). The number of benzene rings is 1. The Labute approximate surface area is 111 Å². The zero-order chi connectivity index (χ0) is 13.0. The third kappa shape index (κ3) is 3.63. The molecular weight excluding hydrogens is 248 g/mol.